The minimum Gasteiger partial charge on any atom is -0.394 e. The third-order valence-electron chi connectivity index (χ3n) is 18.5. The molecule has 9 rings (SSSR count). The van der Waals surface area contributed by atoms with Gasteiger partial charge in [-0.2, -0.15) is 0 Å². The molecule has 4 saturated carbocycles. The standard InChI is InChI=1S/C45H75NO16/c1-19-8-13-45(46-16-19)20(2)30-27(62-45)15-26-24-7-6-22-14-23(9-11-43(22,4)25(24)10-12-44(26,30)5)57-42-39(61-40-36(54)34(52)31(49)21(3)56-40)38(33(51)29(18-48)59-42)60-41-37(55)35(53)32(50)28(17-47)58-41/h19-42,46-55H,6-18H2,1-5H3/t19-,20+,21+,22+,23+,24-,25+,26+,27+,28-,29-,30+,31+,32-,33+,34-,35+,36-,37-,38+,39-,40+,41+,42-,43+,44+,45-/m1/s1. The summed E-state index contributed by atoms with van der Waals surface area (Å²) in [6.07, 6.45) is -12.5. The second-order valence-corrected chi connectivity index (χ2v) is 21.7. The van der Waals surface area contributed by atoms with Crippen LogP contribution in [0, 0.1) is 52.3 Å². The second-order valence-electron chi connectivity index (χ2n) is 21.7. The Morgan fingerprint density at radius 3 is 1.94 bits per heavy atom. The predicted octanol–water partition coefficient (Wildman–Crippen LogP) is -0.133. The highest BCUT2D eigenvalue weighted by Crippen LogP contribution is 2.71. The van der Waals surface area contributed by atoms with Crippen molar-refractivity contribution in [2.24, 2.45) is 52.3 Å². The highest BCUT2D eigenvalue weighted by molar-refractivity contribution is 5.16. The number of hydrogen-bond donors (Lipinski definition) is 10. The zero-order valence-corrected chi connectivity index (χ0v) is 36.9. The third kappa shape index (κ3) is 7.56. The van der Waals surface area contributed by atoms with Gasteiger partial charge in [-0.15, -0.1) is 0 Å². The van der Waals surface area contributed by atoms with E-state index in [4.69, 9.17) is 33.2 Å². The number of aliphatic hydroxyl groups excluding tert-OH is 9. The molecule has 0 amide bonds. The molecule has 0 aromatic rings. The monoisotopic (exact) mass is 886 g/mol. The first-order chi connectivity index (χ1) is 29.4. The van der Waals surface area contributed by atoms with Crippen LogP contribution in [0.4, 0.5) is 0 Å². The lowest BCUT2D eigenvalue weighted by Gasteiger charge is -2.61. The van der Waals surface area contributed by atoms with E-state index in [9.17, 15) is 46.0 Å². The Morgan fingerprint density at radius 2 is 1.24 bits per heavy atom. The summed E-state index contributed by atoms with van der Waals surface area (Å²) in [5.41, 5.74) is 0.166. The number of hydrogen-bond acceptors (Lipinski definition) is 17. The van der Waals surface area contributed by atoms with Crippen molar-refractivity contribution in [1.29, 1.82) is 0 Å². The summed E-state index contributed by atoms with van der Waals surface area (Å²) < 4.78 is 44.0. The Kier molecular flexibility index (Phi) is 13.1. The minimum absolute atomic E-state index is 0.103. The van der Waals surface area contributed by atoms with Gasteiger partial charge >= 0.3 is 0 Å². The zero-order valence-electron chi connectivity index (χ0n) is 36.9. The highest BCUT2D eigenvalue weighted by atomic mass is 16.8. The predicted molar refractivity (Wildman–Crippen MR) is 216 cm³/mol. The molecule has 5 aliphatic heterocycles. The third-order valence-corrected chi connectivity index (χ3v) is 18.5. The van der Waals surface area contributed by atoms with Gasteiger partial charge in [-0.25, -0.2) is 0 Å². The van der Waals surface area contributed by atoms with Gasteiger partial charge in [0, 0.05) is 12.5 Å². The first-order valence-corrected chi connectivity index (χ1v) is 23.8. The summed E-state index contributed by atoms with van der Waals surface area (Å²) in [7, 11) is 0. The molecule has 0 radical (unpaired) electrons. The zero-order chi connectivity index (χ0) is 44.2. The van der Waals surface area contributed by atoms with Crippen molar-refractivity contribution in [2.75, 3.05) is 19.8 Å². The highest BCUT2D eigenvalue weighted by Gasteiger charge is 2.69. The summed E-state index contributed by atoms with van der Waals surface area (Å²) in [6.45, 7) is 11.0. The quantitative estimate of drug-likeness (QED) is 0.142. The second kappa shape index (κ2) is 17.4. The van der Waals surface area contributed by atoms with Crippen molar-refractivity contribution in [1.82, 2.24) is 5.32 Å². The summed E-state index contributed by atoms with van der Waals surface area (Å²) in [5, 5.41) is 99.7. The molecule has 356 valence electrons. The summed E-state index contributed by atoms with van der Waals surface area (Å²) >= 11 is 0. The number of nitrogens with one attached hydrogen (secondary N) is 1. The Hall–Kier alpha value is -0.680. The van der Waals surface area contributed by atoms with Crippen molar-refractivity contribution in [2.45, 2.75) is 209 Å². The summed E-state index contributed by atoms with van der Waals surface area (Å²) in [5.74, 6) is 3.92. The van der Waals surface area contributed by atoms with Crippen LogP contribution < -0.4 is 5.32 Å². The van der Waals surface area contributed by atoms with Crippen LogP contribution in [0.15, 0.2) is 0 Å². The molecule has 0 aromatic carbocycles. The molecule has 62 heavy (non-hydrogen) atoms. The maximum Gasteiger partial charge on any atom is 0.187 e. The molecule has 27 atom stereocenters. The van der Waals surface area contributed by atoms with E-state index in [2.05, 4.69) is 33.0 Å². The van der Waals surface area contributed by atoms with Gasteiger partial charge in [-0.3, -0.25) is 5.32 Å². The molecule has 0 bridgehead atoms. The van der Waals surface area contributed by atoms with Gasteiger partial charge in [0.05, 0.1) is 31.5 Å². The van der Waals surface area contributed by atoms with Crippen LogP contribution in [0.2, 0.25) is 0 Å². The minimum atomic E-state index is -1.83. The molecular weight excluding hydrogens is 810 g/mol. The fourth-order valence-electron chi connectivity index (χ4n) is 14.8. The van der Waals surface area contributed by atoms with E-state index in [0.717, 1.165) is 45.1 Å². The molecule has 9 fully saturated rings. The van der Waals surface area contributed by atoms with Gasteiger partial charge in [0.15, 0.2) is 18.9 Å². The van der Waals surface area contributed by atoms with Crippen molar-refractivity contribution >= 4 is 0 Å². The van der Waals surface area contributed by atoms with Gasteiger partial charge in [-0.05, 0) is 117 Å². The fraction of sp³-hybridized carbons (Fsp3) is 1.00. The average Bonchev–Trinajstić information content (AvgIpc) is 3.70. The Bertz CT molecular complexity index is 1550. The number of piperidine rings is 1. The van der Waals surface area contributed by atoms with Crippen LogP contribution in [0.1, 0.15) is 98.8 Å². The van der Waals surface area contributed by atoms with E-state index >= 15 is 0 Å². The van der Waals surface area contributed by atoms with Crippen molar-refractivity contribution in [3.8, 4) is 0 Å². The lowest BCUT2D eigenvalue weighted by Crippen LogP contribution is -2.67. The molecule has 9 aliphatic rings. The summed E-state index contributed by atoms with van der Waals surface area (Å²) in [4.78, 5) is 0. The molecule has 5 heterocycles. The molecule has 17 nitrogen and oxygen atoms in total. The largest absolute Gasteiger partial charge is 0.394 e. The van der Waals surface area contributed by atoms with Gasteiger partial charge in [-0.1, -0.05) is 27.7 Å². The molecule has 0 unspecified atom stereocenters. The first-order valence-electron chi connectivity index (χ1n) is 23.8. The topological polar surface area (TPSA) is 259 Å². The van der Waals surface area contributed by atoms with Crippen LogP contribution in [0.5, 0.6) is 0 Å². The van der Waals surface area contributed by atoms with Gasteiger partial charge < -0.3 is 79.1 Å². The van der Waals surface area contributed by atoms with Crippen LogP contribution in [0.25, 0.3) is 0 Å². The lowest BCUT2D eigenvalue weighted by molar-refractivity contribution is -0.395. The summed E-state index contributed by atoms with van der Waals surface area (Å²) in [6, 6.07) is 0. The Balaban J connectivity index is 0.921. The Morgan fingerprint density at radius 1 is 0.597 bits per heavy atom. The van der Waals surface area contributed by atoms with Crippen LogP contribution >= 0.6 is 0 Å². The number of fused-ring (bicyclic) bond motifs is 7. The number of aliphatic hydroxyl groups is 9. The van der Waals surface area contributed by atoms with E-state index in [1.54, 1.807) is 0 Å². The van der Waals surface area contributed by atoms with E-state index in [-0.39, 0.29) is 22.7 Å². The first kappa shape index (κ1) is 46.4. The average molecular weight is 886 g/mol. The fourth-order valence-corrected chi connectivity index (χ4v) is 14.8. The number of rotatable bonds is 8. The molecule has 17 heteroatoms. The van der Waals surface area contributed by atoms with Crippen molar-refractivity contribution < 1.29 is 79.1 Å². The smallest absolute Gasteiger partial charge is 0.187 e. The van der Waals surface area contributed by atoms with Gasteiger partial charge in [0.1, 0.15) is 72.9 Å². The molecule has 10 N–H and O–H groups in total. The molecular formula is C45H75NO16. The van der Waals surface area contributed by atoms with E-state index in [0.29, 0.717) is 54.0 Å². The van der Waals surface area contributed by atoms with Crippen molar-refractivity contribution in [3.05, 3.63) is 0 Å². The van der Waals surface area contributed by atoms with E-state index < -0.39 is 105 Å². The van der Waals surface area contributed by atoms with Gasteiger partial charge in [0.25, 0.3) is 0 Å². The van der Waals surface area contributed by atoms with E-state index in [1.165, 1.54) is 26.2 Å². The van der Waals surface area contributed by atoms with Crippen LogP contribution in [-0.2, 0) is 33.2 Å². The van der Waals surface area contributed by atoms with Crippen LogP contribution in [-0.4, -0.2) is 176 Å². The van der Waals surface area contributed by atoms with Crippen LogP contribution in [0.3, 0.4) is 0 Å². The Labute approximate surface area is 364 Å². The molecule has 4 aliphatic carbocycles. The van der Waals surface area contributed by atoms with E-state index in [1.807, 2.05) is 0 Å². The van der Waals surface area contributed by atoms with Gasteiger partial charge in [0.2, 0.25) is 0 Å². The normalized spacial score (nSPS) is 58.9. The SMILES string of the molecule is C[C@@H]1CC[C@@]2(NC1)O[C@H]1C[C@H]3[C@@H]4CC[C@H]5C[C@@H](O[C@@H]6O[C@H](CO)[C@H](O)[C@H](O[C@@H]7O[C@H](CO)[C@@H](O)[C@H](O)[C@H]7O)[C@H]6O[C@@H]6O[C@@H](C)[C@H](O)[C@@H](O)[C@H]6O)CC[C@]5(C)[C@H]4CC[C@]3(C)[C@H]1[C@@H]2C. The molecule has 0 aromatic heterocycles. The lowest BCUT2D eigenvalue weighted by atomic mass is 9.44. The van der Waals surface area contributed by atoms with Crippen molar-refractivity contribution in [3.63, 3.8) is 0 Å². The molecule has 5 saturated heterocycles. The molecule has 1 spiro atoms. The maximum atomic E-state index is 11.6. The maximum absolute atomic E-state index is 11.6. The number of ether oxygens (including phenoxy) is 7.